The third-order valence-electron chi connectivity index (χ3n) is 7.01. The SMILES string of the molecule is O=C(O)CCNC(=O)C(CSSc1ccccn1)NC(=O)CCOCCOCCNC(=O)OCC1c2ccccc2-c2ccccc21. The number of ether oxygens (including phenoxy) is 3. The molecule has 1 unspecified atom stereocenters. The van der Waals surface area contributed by atoms with E-state index >= 15 is 0 Å². The number of carboxylic acid groups (broad SMARTS) is 1. The van der Waals surface area contributed by atoms with Crippen LogP contribution in [0.5, 0.6) is 0 Å². The van der Waals surface area contributed by atoms with Gasteiger partial charge in [-0.25, -0.2) is 9.78 Å². The highest BCUT2D eigenvalue weighted by molar-refractivity contribution is 8.76. The Morgan fingerprint density at radius 3 is 2.17 bits per heavy atom. The second-order valence-electron chi connectivity index (χ2n) is 10.3. The van der Waals surface area contributed by atoms with Crippen LogP contribution in [0.15, 0.2) is 78.0 Å². The lowest BCUT2D eigenvalue weighted by molar-refractivity contribution is -0.137. The van der Waals surface area contributed by atoms with Crippen molar-refractivity contribution in [3.05, 3.63) is 84.1 Å². The number of hydrogen-bond donors (Lipinski definition) is 4. The van der Waals surface area contributed by atoms with E-state index in [1.807, 2.05) is 36.4 Å². The zero-order chi connectivity index (χ0) is 33.3. The molecule has 250 valence electrons. The molecule has 1 aromatic heterocycles. The number of fused-ring (bicyclic) bond motifs is 3. The Balaban J connectivity index is 1.05. The van der Waals surface area contributed by atoms with Crippen LogP contribution in [0.4, 0.5) is 4.79 Å². The van der Waals surface area contributed by atoms with Crippen molar-refractivity contribution in [2.75, 3.05) is 51.9 Å². The molecule has 0 fully saturated rings. The van der Waals surface area contributed by atoms with Crippen molar-refractivity contribution in [1.82, 2.24) is 20.9 Å². The Labute approximate surface area is 281 Å². The first-order valence-corrected chi connectivity index (χ1v) is 17.5. The lowest BCUT2D eigenvalue weighted by atomic mass is 9.98. The zero-order valence-corrected chi connectivity index (χ0v) is 27.4. The monoisotopic (exact) mass is 682 g/mol. The van der Waals surface area contributed by atoms with Crippen molar-refractivity contribution in [2.45, 2.75) is 29.8 Å². The number of nitrogens with one attached hydrogen (secondary N) is 3. The quantitative estimate of drug-likeness (QED) is 0.101. The number of benzene rings is 2. The molecule has 1 aliphatic rings. The molecule has 0 saturated heterocycles. The van der Waals surface area contributed by atoms with Crippen LogP contribution in [0, 0.1) is 0 Å². The number of hydrogen-bond acceptors (Lipinski definition) is 10. The van der Waals surface area contributed by atoms with Crippen molar-refractivity contribution in [3.8, 4) is 11.1 Å². The van der Waals surface area contributed by atoms with Crippen LogP contribution in [0.1, 0.15) is 29.9 Å². The molecule has 2 aromatic carbocycles. The summed E-state index contributed by atoms with van der Waals surface area (Å²) < 4.78 is 16.5. The fourth-order valence-corrected chi connectivity index (χ4v) is 6.85. The van der Waals surface area contributed by atoms with Crippen LogP contribution in [0.2, 0.25) is 0 Å². The van der Waals surface area contributed by atoms with E-state index in [1.54, 1.807) is 12.3 Å². The fourth-order valence-electron chi connectivity index (χ4n) is 4.79. The molecular formula is C33H38N4O8S2. The number of aromatic nitrogens is 1. The maximum atomic E-state index is 12.6. The number of aliphatic carboxylic acids is 1. The van der Waals surface area contributed by atoms with Crippen molar-refractivity contribution >= 4 is 45.5 Å². The molecule has 1 heterocycles. The minimum absolute atomic E-state index is 0.00873. The first kappa shape index (κ1) is 35.7. The number of pyridine rings is 1. The summed E-state index contributed by atoms with van der Waals surface area (Å²) in [6.07, 6.45) is 0.959. The second-order valence-corrected chi connectivity index (χ2v) is 12.7. The van der Waals surface area contributed by atoms with Gasteiger partial charge in [0, 0.05) is 37.4 Å². The molecule has 0 saturated carbocycles. The molecule has 3 aromatic rings. The molecule has 12 nitrogen and oxygen atoms in total. The maximum Gasteiger partial charge on any atom is 0.407 e. The van der Waals surface area contributed by atoms with E-state index in [0.29, 0.717) is 0 Å². The van der Waals surface area contributed by atoms with Crippen LogP contribution in [-0.2, 0) is 28.6 Å². The van der Waals surface area contributed by atoms with Gasteiger partial charge in [-0.1, -0.05) is 65.4 Å². The molecule has 1 aliphatic carbocycles. The van der Waals surface area contributed by atoms with E-state index in [9.17, 15) is 19.2 Å². The summed E-state index contributed by atoms with van der Waals surface area (Å²) in [5.41, 5.74) is 4.63. The van der Waals surface area contributed by atoms with Crippen molar-refractivity contribution < 1.29 is 38.5 Å². The van der Waals surface area contributed by atoms with Crippen LogP contribution < -0.4 is 16.0 Å². The van der Waals surface area contributed by atoms with Gasteiger partial charge in [-0.05, 0) is 45.2 Å². The largest absolute Gasteiger partial charge is 0.481 e. The van der Waals surface area contributed by atoms with Gasteiger partial charge in [0.2, 0.25) is 11.8 Å². The molecule has 47 heavy (non-hydrogen) atoms. The lowest BCUT2D eigenvalue weighted by Gasteiger charge is -2.18. The lowest BCUT2D eigenvalue weighted by Crippen LogP contribution is -2.48. The second kappa shape index (κ2) is 19.5. The van der Waals surface area contributed by atoms with Gasteiger partial charge in [-0.3, -0.25) is 14.4 Å². The molecule has 1 atom stereocenters. The average molecular weight is 683 g/mol. The summed E-state index contributed by atoms with van der Waals surface area (Å²) in [7, 11) is 2.72. The van der Waals surface area contributed by atoms with E-state index < -0.39 is 24.0 Å². The Hall–Kier alpha value is -4.11. The van der Waals surface area contributed by atoms with E-state index in [0.717, 1.165) is 16.2 Å². The third kappa shape index (κ3) is 11.9. The molecule has 0 radical (unpaired) electrons. The molecule has 0 bridgehead atoms. The van der Waals surface area contributed by atoms with Crippen LogP contribution in [-0.4, -0.2) is 91.9 Å². The average Bonchev–Trinajstić information content (AvgIpc) is 3.40. The normalized spacial score (nSPS) is 12.4. The van der Waals surface area contributed by atoms with E-state index in [1.165, 1.54) is 32.7 Å². The summed E-state index contributed by atoms with van der Waals surface area (Å²) in [4.78, 5) is 52.4. The van der Waals surface area contributed by atoms with Crippen LogP contribution in [0.3, 0.4) is 0 Å². The summed E-state index contributed by atoms with van der Waals surface area (Å²) >= 11 is 0. The number of rotatable bonds is 20. The first-order valence-electron chi connectivity index (χ1n) is 15.2. The molecule has 4 N–H and O–H groups in total. The molecular weight excluding hydrogens is 645 g/mol. The highest BCUT2D eigenvalue weighted by Crippen LogP contribution is 2.44. The number of nitrogens with zero attached hydrogens (tertiary/aromatic N) is 1. The zero-order valence-electron chi connectivity index (χ0n) is 25.7. The number of carboxylic acids is 1. The predicted octanol–water partition coefficient (Wildman–Crippen LogP) is 3.86. The number of alkyl carbamates (subject to hydrolysis) is 1. The fraction of sp³-hybridized carbons (Fsp3) is 0.364. The van der Waals surface area contributed by atoms with Gasteiger partial charge in [-0.2, -0.15) is 0 Å². The molecule has 3 amide bonds. The van der Waals surface area contributed by atoms with E-state index in [2.05, 4.69) is 45.2 Å². The topological polar surface area (TPSA) is 165 Å². The van der Waals surface area contributed by atoms with Crippen LogP contribution in [0.25, 0.3) is 11.1 Å². The van der Waals surface area contributed by atoms with Gasteiger partial charge in [0.15, 0.2) is 0 Å². The Morgan fingerprint density at radius 1 is 0.809 bits per heavy atom. The maximum absolute atomic E-state index is 12.6. The highest BCUT2D eigenvalue weighted by Gasteiger charge is 2.29. The summed E-state index contributed by atoms with van der Waals surface area (Å²) in [6.45, 7) is 1.37. The minimum atomic E-state index is -1.03. The number of carbonyl (C=O) groups is 4. The van der Waals surface area contributed by atoms with Crippen molar-refractivity contribution in [3.63, 3.8) is 0 Å². The van der Waals surface area contributed by atoms with Crippen LogP contribution >= 0.6 is 21.6 Å². The Kier molecular flexibility index (Phi) is 14.8. The Bertz CT molecular complexity index is 1430. The van der Waals surface area contributed by atoms with Gasteiger partial charge in [-0.15, -0.1) is 0 Å². The predicted molar refractivity (Wildman–Crippen MR) is 179 cm³/mol. The third-order valence-corrected chi connectivity index (χ3v) is 9.29. The smallest absolute Gasteiger partial charge is 0.407 e. The van der Waals surface area contributed by atoms with Gasteiger partial charge in [0.05, 0.1) is 32.8 Å². The standard InChI is InChI=1S/C33H38N4O8S2/c38-29(37-28(32(41)35-15-12-31(39)40)22-46-47-30-11-5-6-14-34-30)13-17-43-19-20-44-18-16-36-33(42)45-21-27-25-9-3-1-7-23(25)24-8-2-4-10-26(24)27/h1-11,14,27-28H,12-13,15-22H2,(H,35,41)(H,36,42)(H,37,38)(H,39,40). The van der Waals surface area contributed by atoms with Gasteiger partial charge >= 0.3 is 12.1 Å². The minimum Gasteiger partial charge on any atom is -0.481 e. The molecule has 0 aliphatic heterocycles. The van der Waals surface area contributed by atoms with Gasteiger partial charge in [0.25, 0.3) is 0 Å². The van der Waals surface area contributed by atoms with E-state index in [4.69, 9.17) is 19.3 Å². The van der Waals surface area contributed by atoms with Crippen molar-refractivity contribution in [1.29, 1.82) is 0 Å². The Morgan fingerprint density at radius 2 is 1.49 bits per heavy atom. The number of carbonyl (C=O) groups excluding carboxylic acids is 3. The summed E-state index contributed by atoms with van der Waals surface area (Å²) in [5, 5.41) is 17.5. The number of amides is 3. The van der Waals surface area contributed by atoms with Gasteiger partial charge in [0.1, 0.15) is 17.7 Å². The first-order chi connectivity index (χ1) is 22.9. The van der Waals surface area contributed by atoms with E-state index in [-0.39, 0.29) is 76.5 Å². The highest BCUT2D eigenvalue weighted by atomic mass is 33.1. The van der Waals surface area contributed by atoms with Crippen molar-refractivity contribution in [2.24, 2.45) is 0 Å². The van der Waals surface area contributed by atoms with Gasteiger partial charge < -0.3 is 35.3 Å². The summed E-state index contributed by atoms with van der Waals surface area (Å²) in [5.74, 6) is -1.62. The molecule has 0 spiro atoms. The summed E-state index contributed by atoms with van der Waals surface area (Å²) in [6, 6.07) is 20.9. The molecule has 14 heteroatoms. The molecule has 4 rings (SSSR count).